The molecule has 1 N–H and O–H groups in total. The van der Waals surface area contributed by atoms with Crippen molar-refractivity contribution in [2.45, 2.75) is 84.5 Å². The van der Waals surface area contributed by atoms with E-state index in [0.717, 1.165) is 18.5 Å². The third-order valence-corrected chi connectivity index (χ3v) is 4.41. The van der Waals surface area contributed by atoms with Gasteiger partial charge in [0.05, 0.1) is 0 Å². The molecular weight excluding hydrogens is 282 g/mol. The zero-order valence-corrected chi connectivity index (χ0v) is 15.4. The molecule has 0 aliphatic rings. The number of benzene rings is 1. The van der Waals surface area contributed by atoms with Gasteiger partial charge in [-0.2, -0.15) is 0 Å². The Morgan fingerprint density at radius 2 is 1.39 bits per heavy atom. The molecule has 0 atom stereocenters. The molecule has 0 aliphatic heterocycles. The highest BCUT2D eigenvalue weighted by Crippen LogP contribution is 2.14. The quantitative estimate of drug-likeness (QED) is 0.466. The van der Waals surface area contributed by atoms with Crippen LogP contribution < -0.4 is 5.32 Å². The van der Waals surface area contributed by atoms with Crippen LogP contribution in [0.4, 0.5) is 0 Å². The van der Waals surface area contributed by atoms with E-state index in [-0.39, 0.29) is 5.91 Å². The summed E-state index contributed by atoms with van der Waals surface area (Å²) in [6.45, 7) is 7.38. The van der Waals surface area contributed by atoms with Crippen LogP contribution >= 0.6 is 0 Å². The molecule has 1 aromatic rings. The van der Waals surface area contributed by atoms with Gasteiger partial charge in [-0.05, 0) is 30.0 Å². The number of unbranched alkanes of at least 4 members (excludes halogenated alkanes) is 8. The summed E-state index contributed by atoms with van der Waals surface area (Å²) in [5.74, 6) is 0.564. The second-order valence-corrected chi connectivity index (χ2v) is 6.86. The van der Waals surface area contributed by atoms with Gasteiger partial charge in [0.2, 0.25) is 0 Å². The van der Waals surface area contributed by atoms with Gasteiger partial charge in [0.1, 0.15) is 0 Å². The fourth-order valence-corrected chi connectivity index (χ4v) is 2.76. The largest absolute Gasteiger partial charge is 0.352 e. The summed E-state index contributed by atoms with van der Waals surface area (Å²) in [5.41, 5.74) is 2.05. The minimum atomic E-state index is 0.0554. The van der Waals surface area contributed by atoms with E-state index in [1.807, 2.05) is 12.1 Å². The molecule has 0 aliphatic carbocycles. The van der Waals surface area contributed by atoms with E-state index in [1.165, 1.54) is 56.9 Å². The summed E-state index contributed by atoms with van der Waals surface area (Å²) in [6, 6.07) is 7.97. The molecule has 0 aromatic heterocycles. The molecule has 0 spiro atoms. The van der Waals surface area contributed by atoms with E-state index in [4.69, 9.17) is 0 Å². The smallest absolute Gasteiger partial charge is 0.251 e. The topological polar surface area (TPSA) is 29.1 Å². The van der Waals surface area contributed by atoms with Gasteiger partial charge >= 0.3 is 0 Å². The average Bonchev–Trinajstić information content (AvgIpc) is 2.56. The normalized spacial score (nSPS) is 11.0. The van der Waals surface area contributed by atoms with E-state index in [1.54, 1.807) is 0 Å². The molecule has 1 rings (SSSR count). The van der Waals surface area contributed by atoms with E-state index in [2.05, 4.69) is 38.2 Å². The van der Waals surface area contributed by atoms with Gasteiger partial charge in [-0.15, -0.1) is 0 Å². The van der Waals surface area contributed by atoms with Gasteiger partial charge in [-0.25, -0.2) is 0 Å². The third-order valence-electron chi connectivity index (χ3n) is 4.41. The standard InChI is InChI=1S/C21H35NO/c1-4-5-6-7-8-9-10-11-12-17-22-21(23)20-15-13-19(14-16-20)18(2)3/h13-16,18H,4-12,17H2,1-3H3,(H,22,23). The van der Waals surface area contributed by atoms with Crippen LogP contribution in [0.3, 0.4) is 0 Å². The second kappa shape index (κ2) is 12.2. The van der Waals surface area contributed by atoms with Gasteiger partial charge < -0.3 is 5.32 Å². The van der Waals surface area contributed by atoms with Crippen molar-refractivity contribution in [1.29, 1.82) is 0 Å². The Bertz CT molecular complexity index is 422. The van der Waals surface area contributed by atoms with Gasteiger partial charge in [0.15, 0.2) is 0 Å². The van der Waals surface area contributed by atoms with Gasteiger partial charge in [-0.3, -0.25) is 4.79 Å². The predicted octanol–water partition coefficient (Wildman–Crippen LogP) is 6.07. The van der Waals surface area contributed by atoms with Crippen LogP contribution in [-0.2, 0) is 0 Å². The van der Waals surface area contributed by atoms with Gasteiger partial charge in [-0.1, -0.05) is 84.3 Å². The van der Waals surface area contributed by atoms with Crippen LogP contribution in [0.5, 0.6) is 0 Å². The number of hydrogen-bond donors (Lipinski definition) is 1. The van der Waals surface area contributed by atoms with E-state index in [9.17, 15) is 4.79 Å². The number of nitrogens with one attached hydrogen (secondary N) is 1. The van der Waals surface area contributed by atoms with Crippen molar-refractivity contribution in [2.75, 3.05) is 6.54 Å². The summed E-state index contributed by atoms with van der Waals surface area (Å²) in [5, 5.41) is 3.03. The zero-order chi connectivity index (χ0) is 16.9. The molecule has 23 heavy (non-hydrogen) atoms. The highest BCUT2D eigenvalue weighted by molar-refractivity contribution is 5.94. The van der Waals surface area contributed by atoms with Crippen LogP contribution in [0.2, 0.25) is 0 Å². The van der Waals surface area contributed by atoms with Crippen molar-refractivity contribution in [2.24, 2.45) is 0 Å². The molecule has 1 aromatic carbocycles. The molecule has 0 bridgehead atoms. The summed E-state index contributed by atoms with van der Waals surface area (Å²) in [4.78, 5) is 12.1. The Morgan fingerprint density at radius 3 is 1.91 bits per heavy atom. The Morgan fingerprint density at radius 1 is 0.870 bits per heavy atom. The lowest BCUT2D eigenvalue weighted by Crippen LogP contribution is -2.24. The van der Waals surface area contributed by atoms with E-state index < -0.39 is 0 Å². The molecule has 0 unspecified atom stereocenters. The lowest BCUT2D eigenvalue weighted by molar-refractivity contribution is 0.0953. The molecule has 0 saturated carbocycles. The number of amides is 1. The van der Waals surface area contributed by atoms with Crippen LogP contribution in [0.15, 0.2) is 24.3 Å². The Kier molecular flexibility index (Phi) is 10.4. The first-order chi connectivity index (χ1) is 11.1. The maximum Gasteiger partial charge on any atom is 0.251 e. The minimum Gasteiger partial charge on any atom is -0.352 e. The minimum absolute atomic E-state index is 0.0554. The monoisotopic (exact) mass is 317 g/mol. The first kappa shape index (κ1) is 19.7. The highest BCUT2D eigenvalue weighted by Gasteiger charge is 2.05. The van der Waals surface area contributed by atoms with Crippen molar-refractivity contribution in [3.05, 3.63) is 35.4 Å². The molecule has 130 valence electrons. The fourth-order valence-electron chi connectivity index (χ4n) is 2.76. The Balaban J connectivity index is 2.06. The summed E-state index contributed by atoms with van der Waals surface area (Å²) in [6.07, 6.45) is 11.8. The lowest BCUT2D eigenvalue weighted by Gasteiger charge is -2.08. The first-order valence-corrected chi connectivity index (χ1v) is 9.53. The molecule has 2 heteroatoms. The fraction of sp³-hybridized carbons (Fsp3) is 0.667. The molecule has 0 saturated heterocycles. The van der Waals surface area contributed by atoms with Crippen LogP contribution in [0.25, 0.3) is 0 Å². The zero-order valence-electron chi connectivity index (χ0n) is 15.4. The lowest BCUT2D eigenvalue weighted by atomic mass is 10.0. The molecule has 0 fully saturated rings. The maximum atomic E-state index is 12.1. The van der Waals surface area contributed by atoms with Crippen molar-refractivity contribution >= 4 is 5.91 Å². The maximum absolute atomic E-state index is 12.1. The Labute approximate surface area is 143 Å². The van der Waals surface area contributed by atoms with Crippen LogP contribution in [0, 0.1) is 0 Å². The summed E-state index contributed by atoms with van der Waals surface area (Å²) >= 11 is 0. The van der Waals surface area contributed by atoms with Crippen molar-refractivity contribution in [3.8, 4) is 0 Å². The number of carbonyl (C=O) groups is 1. The number of hydrogen-bond acceptors (Lipinski definition) is 1. The van der Waals surface area contributed by atoms with Crippen molar-refractivity contribution in [1.82, 2.24) is 5.32 Å². The SMILES string of the molecule is CCCCCCCCCCCNC(=O)c1ccc(C(C)C)cc1. The molecular formula is C21H35NO. The summed E-state index contributed by atoms with van der Waals surface area (Å²) in [7, 11) is 0. The molecule has 0 heterocycles. The first-order valence-electron chi connectivity index (χ1n) is 9.53. The molecule has 0 radical (unpaired) electrons. The molecule has 2 nitrogen and oxygen atoms in total. The average molecular weight is 318 g/mol. The number of rotatable bonds is 12. The second-order valence-electron chi connectivity index (χ2n) is 6.86. The van der Waals surface area contributed by atoms with Crippen LogP contribution in [-0.4, -0.2) is 12.5 Å². The summed E-state index contributed by atoms with van der Waals surface area (Å²) < 4.78 is 0. The van der Waals surface area contributed by atoms with Gasteiger partial charge in [0, 0.05) is 12.1 Å². The van der Waals surface area contributed by atoms with Gasteiger partial charge in [0.25, 0.3) is 5.91 Å². The van der Waals surface area contributed by atoms with E-state index >= 15 is 0 Å². The van der Waals surface area contributed by atoms with E-state index in [0.29, 0.717) is 5.92 Å². The van der Waals surface area contributed by atoms with Crippen LogP contribution in [0.1, 0.15) is 100 Å². The molecule has 1 amide bonds. The third kappa shape index (κ3) is 8.78. The Hall–Kier alpha value is -1.31. The van der Waals surface area contributed by atoms with Crippen molar-refractivity contribution < 1.29 is 4.79 Å². The number of carbonyl (C=O) groups excluding carboxylic acids is 1. The predicted molar refractivity (Wildman–Crippen MR) is 100 cm³/mol. The van der Waals surface area contributed by atoms with Crippen molar-refractivity contribution in [3.63, 3.8) is 0 Å². The highest BCUT2D eigenvalue weighted by atomic mass is 16.1.